The second-order valence-electron chi connectivity index (χ2n) is 9.84. The molecule has 0 aromatic carbocycles. The van der Waals surface area contributed by atoms with Gasteiger partial charge in [0.25, 0.3) is 5.91 Å². The minimum absolute atomic E-state index is 0.0282. The number of Topliss-reactive ketones (excluding diaryl/α,β-unsaturated/α-hetero) is 1. The minimum Gasteiger partial charge on any atom is -0.481 e. The number of nitrogens with zero attached hydrogens (tertiary/aromatic N) is 4. The summed E-state index contributed by atoms with van der Waals surface area (Å²) < 4.78 is 49.2. The summed E-state index contributed by atoms with van der Waals surface area (Å²) >= 11 is 12.2. The van der Waals surface area contributed by atoms with E-state index in [0.717, 1.165) is 15.8 Å². The number of pyridine rings is 1. The van der Waals surface area contributed by atoms with Gasteiger partial charge in [0.15, 0.2) is 11.5 Å². The Kier molecular flexibility index (Phi) is 9.18. The van der Waals surface area contributed by atoms with Crippen LogP contribution in [0.3, 0.4) is 0 Å². The zero-order valence-electron chi connectivity index (χ0n) is 20.8. The highest BCUT2D eigenvalue weighted by atomic mass is 35.5. The van der Waals surface area contributed by atoms with Gasteiger partial charge in [-0.05, 0) is 44.4 Å². The minimum atomic E-state index is -4.92. The van der Waals surface area contributed by atoms with Gasteiger partial charge in [-0.3, -0.25) is 24.0 Å². The molecule has 2 fully saturated rings. The Bertz CT molecular complexity index is 1200. The van der Waals surface area contributed by atoms with Crippen LogP contribution in [0.15, 0.2) is 18.6 Å². The second-order valence-corrected chi connectivity index (χ2v) is 10.7. The predicted octanol–water partition coefficient (Wildman–Crippen LogP) is 5.17. The van der Waals surface area contributed by atoms with Crippen molar-refractivity contribution in [2.45, 2.75) is 50.7 Å². The molecule has 1 aliphatic heterocycles. The Morgan fingerprint density at radius 3 is 2.21 bits per heavy atom. The molecular weight excluding hydrogens is 564 g/mol. The van der Waals surface area contributed by atoms with Gasteiger partial charge < -0.3 is 14.7 Å². The van der Waals surface area contributed by atoms with Crippen molar-refractivity contribution in [3.63, 3.8) is 0 Å². The maximum absolute atomic E-state index is 14.4. The van der Waals surface area contributed by atoms with Crippen LogP contribution in [0.2, 0.25) is 10.0 Å². The fourth-order valence-electron chi connectivity index (χ4n) is 5.21. The Labute approximate surface area is 232 Å². The van der Waals surface area contributed by atoms with E-state index in [2.05, 4.69) is 10.1 Å². The molecule has 4 rings (SSSR count). The molecule has 3 heterocycles. The molecule has 9 nitrogen and oxygen atoms in total. The molecule has 212 valence electrons. The number of ketones is 1. The van der Waals surface area contributed by atoms with Crippen LogP contribution >= 0.6 is 23.2 Å². The molecule has 0 radical (unpaired) electrons. The van der Waals surface area contributed by atoms with Gasteiger partial charge in [0.2, 0.25) is 0 Å². The Balaban J connectivity index is 1.65. The lowest BCUT2D eigenvalue weighted by Gasteiger charge is -2.30. The smallest absolute Gasteiger partial charge is 0.433 e. The number of carbonyl (C=O) groups excluding carboxylic acids is 2. The van der Waals surface area contributed by atoms with Crippen molar-refractivity contribution in [3.8, 4) is 0 Å². The molecular formula is C25H27Cl2F3N4O5. The number of rotatable bonds is 8. The number of hydrogen-bond donors (Lipinski definition) is 1. The van der Waals surface area contributed by atoms with Crippen LogP contribution in [0.4, 0.5) is 13.2 Å². The monoisotopic (exact) mass is 590 g/mol. The molecule has 1 saturated heterocycles. The number of carboxylic acids is 1. The van der Waals surface area contributed by atoms with Crippen LogP contribution in [0.5, 0.6) is 0 Å². The molecule has 2 aromatic rings. The van der Waals surface area contributed by atoms with Crippen molar-refractivity contribution < 1.29 is 37.4 Å². The number of alkyl halides is 3. The average molecular weight is 591 g/mol. The van der Waals surface area contributed by atoms with Gasteiger partial charge in [-0.25, -0.2) is 0 Å². The Morgan fingerprint density at radius 1 is 1.03 bits per heavy atom. The van der Waals surface area contributed by atoms with Crippen molar-refractivity contribution in [1.29, 1.82) is 0 Å². The largest absolute Gasteiger partial charge is 0.481 e. The maximum atomic E-state index is 14.4. The fourth-order valence-corrected chi connectivity index (χ4v) is 5.78. The average Bonchev–Trinajstić information content (AvgIpc) is 3.34. The molecule has 2 aromatic heterocycles. The summed E-state index contributed by atoms with van der Waals surface area (Å²) in [5.41, 5.74) is -1.95. The second kappa shape index (κ2) is 12.2. The van der Waals surface area contributed by atoms with E-state index < -0.39 is 53.6 Å². The summed E-state index contributed by atoms with van der Waals surface area (Å²) in [6.07, 6.45) is 0.319. The number of amides is 1. The van der Waals surface area contributed by atoms with E-state index in [1.165, 1.54) is 12.4 Å². The highest BCUT2D eigenvalue weighted by Crippen LogP contribution is 2.39. The van der Waals surface area contributed by atoms with Gasteiger partial charge in [-0.1, -0.05) is 23.2 Å². The quantitative estimate of drug-likeness (QED) is 0.422. The van der Waals surface area contributed by atoms with E-state index in [1.807, 2.05) is 0 Å². The Morgan fingerprint density at radius 2 is 1.64 bits per heavy atom. The number of halogens is 5. The number of aliphatic carboxylic acids is 1. The van der Waals surface area contributed by atoms with Crippen molar-refractivity contribution in [1.82, 2.24) is 19.7 Å². The fraction of sp³-hybridized carbons (Fsp3) is 0.560. The standard InChI is InChI=1S/C25H27Cl2F3N4O5/c26-18-10-31-11-19(27)21(18)20(35)13-33(12-14-5-7-39-8-6-14)23(36)17-9-32-34(22(17)25(28,29)30)16-3-1-15(2-4-16)24(37)38/h9-11,14-16H,1-8,12-13H2,(H,37,38)/t15-,16-. The van der Waals surface area contributed by atoms with E-state index >= 15 is 0 Å². The normalized spacial score (nSPS) is 20.5. The van der Waals surface area contributed by atoms with Crippen LogP contribution in [-0.2, 0) is 15.7 Å². The van der Waals surface area contributed by atoms with Crippen molar-refractivity contribution >= 4 is 40.9 Å². The first-order valence-corrected chi connectivity index (χ1v) is 13.3. The lowest BCUT2D eigenvalue weighted by atomic mass is 9.86. The summed E-state index contributed by atoms with van der Waals surface area (Å²) in [6, 6.07) is -0.709. The van der Waals surface area contributed by atoms with Crippen LogP contribution in [-0.4, -0.2) is 68.7 Å². The van der Waals surface area contributed by atoms with E-state index in [9.17, 15) is 32.7 Å². The number of hydrogen-bond acceptors (Lipinski definition) is 6. The Hall–Kier alpha value is -2.70. The summed E-state index contributed by atoms with van der Waals surface area (Å²) in [6.45, 7) is 0.354. The molecule has 1 N–H and O–H groups in total. The number of carbonyl (C=O) groups is 3. The number of aromatic nitrogens is 3. The van der Waals surface area contributed by atoms with Crippen LogP contribution < -0.4 is 0 Å². The molecule has 14 heteroatoms. The van der Waals surface area contributed by atoms with E-state index in [-0.39, 0.29) is 53.8 Å². The third kappa shape index (κ3) is 6.72. The maximum Gasteiger partial charge on any atom is 0.433 e. The predicted molar refractivity (Wildman–Crippen MR) is 134 cm³/mol. The van der Waals surface area contributed by atoms with Gasteiger partial charge in [-0.2, -0.15) is 18.3 Å². The SMILES string of the molecule is O=C(CN(CC1CCOCC1)C(=O)c1cnn([C@H]2CC[C@H](C(=O)O)CC2)c1C(F)(F)F)c1c(Cl)cncc1Cl. The highest BCUT2D eigenvalue weighted by molar-refractivity contribution is 6.39. The van der Waals surface area contributed by atoms with E-state index in [1.54, 1.807) is 0 Å². The van der Waals surface area contributed by atoms with Gasteiger partial charge in [0.05, 0.1) is 45.9 Å². The van der Waals surface area contributed by atoms with Gasteiger partial charge in [0, 0.05) is 32.2 Å². The lowest BCUT2D eigenvalue weighted by molar-refractivity contribution is -0.147. The van der Waals surface area contributed by atoms with Crippen molar-refractivity contribution in [2.24, 2.45) is 11.8 Å². The highest BCUT2D eigenvalue weighted by Gasteiger charge is 2.43. The molecule has 39 heavy (non-hydrogen) atoms. The molecule has 0 spiro atoms. The van der Waals surface area contributed by atoms with E-state index in [4.69, 9.17) is 27.9 Å². The molecule has 1 aliphatic carbocycles. The lowest BCUT2D eigenvalue weighted by Crippen LogP contribution is -2.41. The van der Waals surface area contributed by atoms with Gasteiger partial charge in [0.1, 0.15) is 0 Å². The first-order valence-electron chi connectivity index (χ1n) is 12.5. The summed E-state index contributed by atoms with van der Waals surface area (Å²) in [7, 11) is 0. The summed E-state index contributed by atoms with van der Waals surface area (Å²) in [5, 5.41) is 13.1. The molecule has 1 amide bonds. The van der Waals surface area contributed by atoms with Gasteiger partial charge >= 0.3 is 12.1 Å². The number of ether oxygens (including phenoxy) is 1. The molecule has 0 unspecified atom stereocenters. The molecule has 0 atom stereocenters. The van der Waals surface area contributed by atoms with Crippen LogP contribution in [0.1, 0.15) is 71.0 Å². The molecule has 1 saturated carbocycles. The van der Waals surface area contributed by atoms with Crippen LogP contribution in [0.25, 0.3) is 0 Å². The number of carboxylic acid groups (broad SMARTS) is 1. The summed E-state index contributed by atoms with van der Waals surface area (Å²) in [4.78, 5) is 43.1. The van der Waals surface area contributed by atoms with Crippen molar-refractivity contribution in [2.75, 3.05) is 26.3 Å². The third-order valence-electron chi connectivity index (χ3n) is 7.26. The van der Waals surface area contributed by atoms with Crippen LogP contribution in [0, 0.1) is 11.8 Å². The summed E-state index contributed by atoms with van der Waals surface area (Å²) in [5.74, 6) is -3.33. The van der Waals surface area contributed by atoms with Crippen molar-refractivity contribution in [3.05, 3.63) is 45.5 Å². The molecule has 2 aliphatic rings. The first kappa shape index (κ1) is 29.3. The third-order valence-corrected chi connectivity index (χ3v) is 7.83. The zero-order valence-corrected chi connectivity index (χ0v) is 22.3. The molecule has 0 bridgehead atoms. The topological polar surface area (TPSA) is 115 Å². The zero-order chi connectivity index (χ0) is 28.3. The van der Waals surface area contributed by atoms with E-state index in [0.29, 0.717) is 26.1 Å². The van der Waals surface area contributed by atoms with Gasteiger partial charge in [-0.15, -0.1) is 0 Å². The first-order chi connectivity index (χ1) is 18.5.